The third-order valence-electron chi connectivity index (χ3n) is 6.36. The van der Waals surface area contributed by atoms with Gasteiger partial charge in [-0.15, -0.1) is 0 Å². The van der Waals surface area contributed by atoms with Crippen LogP contribution in [0.25, 0.3) is 0 Å². The van der Waals surface area contributed by atoms with Crippen molar-refractivity contribution in [1.82, 2.24) is 0 Å². The third-order valence-corrected chi connectivity index (χ3v) is 6.36. The molecule has 0 amide bonds. The molecule has 1 aliphatic heterocycles. The monoisotopic (exact) mass is 534 g/mol. The normalized spacial score (nSPS) is 22.5. The Kier molecular flexibility index (Phi) is 8.75. The topological polar surface area (TPSA) is 129 Å². The quantitative estimate of drug-likeness (QED) is 0.347. The van der Waals surface area contributed by atoms with Crippen molar-refractivity contribution >= 4 is 17.9 Å². The third kappa shape index (κ3) is 6.88. The van der Waals surface area contributed by atoms with Gasteiger partial charge in [-0.1, -0.05) is 53.1 Å². The highest BCUT2D eigenvalue weighted by molar-refractivity contribution is 5.91. The summed E-state index contributed by atoms with van der Waals surface area (Å²) < 4.78 is 21.8. The Morgan fingerprint density at radius 2 is 1.03 bits per heavy atom. The second-order valence-corrected chi connectivity index (χ2v) is 9.49. The Hall–Kier alpha value is -4.05. The number of benzene rings is 3. The number of carbonyl (C=O) groups is 3. The van der Waals surface area contributed by atoms with Gasteiger partial charge in [0, 0.05) is 0 Å². The first kappa shape index (κ1) is 28.0. The molecule has 0 aromatic heterocycles. The van der Waals surface area contributed by atoms with Gasteiger partial charge in [0.05, 0.1) is 16.7 Å². The van der Waals surface area contributed by atoms with E-state index in [0.717, 1.165) is 16.7 Å². The van der Waals surface area contributed by atoms with Crippen molar-refractivity contribution in [2.24, 2.45) is 0 Å². The van der Waals surface area contributed by atoms with E-state index in [0.29, 0.717) is 5.56 Å². The fourth-order valence-corrected chi connectivity index (χ4v) is 4.00. The maximum absolute atomic E-state index is 12.9. The number of hydrogen-bond acceptors (Lipinski definition) is 9. The fourth-order valence-electron chi connectivity index (χ4n) is 4.00. The van der Waals surface area contributed by atoms with Gasteiger partial charge in [0.25, 0.3) is 0 Å². The average Bonchev–Trinajstić information content (AvgIpc) is 2.92. The molecule has 1 heterocycles. The van der Waals surface area contributed by atoms with E-state index < -0.39 is 55.2 Å². The molecule has 2 N–H and O–H groups in total. The second kappa shape index (κ2) is 12.2. The van der Waals surface area contributed by atoms with Crippen LogP contribution < -0.4 is 0 Å². The second-order valence-electron chi connectivity index (χ2n) is 9.49. The van der Waals surface area contributed by atoms with Crippen LogP contribution in [0.2, 0.25) is 0 Å². The highest BCUT2D eigenvalue weighted by Gasteiger charge is 2.50. The Morgan fingerprint density at radius 1 is 0.641 bits per heavy atom. The number of ether oxygens (including phenoxy) is 4. The summed E-state index contributed by atoms with van der Waals surface area (Å²) in [6, 6.07) is 19.7. The zero-order valence-electron chi connectivity index (χ0n) is 21.8. The van der Waals surface area contributed by atoms with Crippen LogP contribution in [0, 0.1) is 20.8 Å². The fraction of sp³-hybridized carbons (Fsp3) is 0.300. The lowest BCUT2D eigenvalue weighted by atomic mass is 9.98. The molecule has 0 unspecified atom stereocenters. The molecular formula is C30H30O9. The first-order valence-electron chi connectivity index (χ1n) is 12.4. The summed E-state index contributed by atoms with van der Waals surface area (Å²) in [5, 5.41) is 21.9. The highest BCUT2D eigenvalue weighted by atomic mass is 16.7. The van der Waals surface area contributed by atoms with Crippen LogP contribution >= 0.6 is 0 Å². The average molecular weight is 535 g/mol. The summed E-state index contributed by atoms with van der Waals surface area (Å²) in [5.74, 6) is -2.28. The number of carbonyl (C=O) groups excluding carboxylic acids is 3. The van der Waals surface area contributed by atoms with E-state index in [1.807, 2.05) is 20.8 Å². The van der Waals surface area contributed by atoms with Crippen molar-refractivity contribution in [2.75, 3.05) is 6.61 Å². The van der Waals surface area contributed by atoms with E-state index in [4.69, 9.17) is 18.9 Å². The number of aliphatic hydroxyl groups is 2. The van der Waals surface area contributed by atoms with Crippen molar-refractivity contribution in [3.05, 3.63) is 106 Å². The van der Waals surface area contributed by atoms with E-state index in [1.54, 1.807) is 72.8 Å². The standard InChI is InChI=1S/C30H30O9/c1-17-4-10-20(11-5-17)27(32)36-16-23-24(31)25(38-28(33)21-12-6-18(2)7-13-21)26(30(35)37-23)39-29(34)22-14-8-19(3)9-15-22/h4-15,23-26,30-31,35H,16H2,1-3H3/t23-,24-,25+,26-,30-/m1/s1. The van der Waals surface area contributed by atoms with Crippen molar-refractivity contribution < 1.29 is 43.5 Å². The first-order valence-corrected chi connectivity index (χ1v) is 12.4. The molecule has 9 heteroatoms. The van der Waals surface area contributed by atoms with Crippen molar-refractivity contribution in [3.63, 3.8) is 0 Å². The Labute approximate surface area is 225 Å². The zero-order chi connectivity index (χ0) is 28.1. The molecule has 5 atom stereocenters. The van der Waals surface area contributed by atoms with Crippen LogP contribution in [-0.2, 0) is 18.9 Å². The van der Waals surface area contributed by atoms with Gasteiger partial charge < -0.3 is 29.2 Å². The molecule has 204 valence electrons. The minimum Gasteiger partial charge on any atom is -0.459 e. The smallest absolute Gasteiger partial charge is 0.338 e. The summed E-state index contributed by atoms with van der Waals surface area (Å²) in [7, 11) is 0. The van der Waals surface area contributed by atoms with Gasteiger partial charge >= 0.3 is 17.9 Å². The number of aryl methyl sites for hydroxylation is 3. The number of rotatable bonds is 7. The minimum atomic E-state index is -1.79. The Bertz CT molecular complexity index is 1300. The van der Waals surface area contributed by atoms with Gasteiger partial charge in [-0.05, 0) is 57.2 Å². The summed E-state index contributed by atoms with van der Waals surface area (Å²) in [6.45, 7) is 5.14. The molecule has 3 aromatic rings. The summed E-state index contributed by atoms with van der Waals surface area (Å²) in [6.07, 6.45) is -7.77. The van der Waals surface area contributed by atoms with Crippen LogP contribution in [0.3, 0.4) is 0 Å². The van der Waals surface area contributed by atoms with Gasteiger partial charge in [0.15, 0.2) is 18.5 Å². The Morgan fingerprint density at radius 3 is 1.46 bits per heavy atom. The van der Waals surface area contributed by atoms with E-state index in [9.17, 15) is 24.6 Å². The molecule has 0 radical (unpaired) electrons. The highest BCUT2D eigenvalue weighted by Crippen LogP contribution is 2.27. The van der Waals surface area contributed by atoms with Crippen LogP contribution in [-0.4, -0.2) is 65.4 Å². The van der Waals surface area contributed by atoms with Crippen molar-refractivity contribution in [2.45, 2.75) is 51.5 Å². The molecule has 1 saturated heterocycles. The van der Waals surface area contributed by atoms with Gasteiger partial charge in [-0.3, -0.25) is 0 Å². The van der Waals surface area contributed by atoms with E-state index in [-0.39, 0.29) is 11.1 Å². The molecule has 0 aliphatic carbocycles. The van der Waals surface area contributed by atoms with Gasteiger partial charge in [0.2, 0.25) is 0 Å². The summed E-state index contributed by atoms with van der Waals surface area (Å²) in [5.41, 5.74) is 3.49. The molecular weight excluding hydrogens is 504 g/mol. The van der Waals surface area contributed by atoms with Gasteiger partial charge in [0.1, 0.15) is 18.8 Å². The van der Waals surface area contributed by atoms with Crippen LogP contribution in [0.1, 0.15) is 47.8 Å². The van der Waals surface area contributed by atoms with Crippen LogP contribution in [0.4, 0.5) is 0 Å². The van der Waals surface area contributed by atoms with Crippen molar-refractivity contribution in [1.29, 1.82) is 0 Å². The molecule has 1 aliphatic rings. The van der Waals surface area contributed by atoms with Crippen molar-refractivity contribution in [3.8, 4) is 0 Å². The van der Waals surface area contributed by atoms with E-state index in [1.165, 1.54) is 0 Å². The van der Waals surface area contributed by atoms with E-state index in [2.05, 4.69) is 0 Å². The SMILES string of the molecule is Cc1ccc(C(=O)OC[C@H]2O[C@@H](O)[C@H](OC(=O)c3ccc(C)cc3)[C@@H](OC(=O)c3ccc(C)cc3)[C@@H]2O)cc1. The predicted molar refractivity (Wildman–Crippen MR) is 139 cm³/mol. The molecule has 4 rings (SSSR count). The van der Waals surface area contributed by atoms with E-state index >= 15 is 0 Å². The zero-order valence-corrected chi connectivity index (χ0v) is 21.8. The molecule has 39 heavy (non-hydrogen) atoms. The number of hydrogen-bond donors (Lipinski definition) is 2. The lowest BCUT2D eigenvalue weighted by molar-refractivity contribution is -0.284. The van der Waals surface area contributed by atoms with Gasteiger partial charge in [-0.25, -0.2) is 14.4 Å². The minimum absolute atomic E-state index is 0.194. The number of esters is 3. The van der Waals surface area contributed by atoms with Crippen LogP contribution in [0.5, 0.6) is 0 Å². The molecule has 3 aromatic carbocycles. The Balaban J connectivity index is 1.52. The first-order chi connectivity index (χ1) is 18.6. The van der Waals surface area contributed by atoms with Crippen LogP contribution in [0.15, 0.2) is 72.8 Å². The predicted octanol–water partition coefficient (Wildman–Crippen LogP) is 3.30. The lowest BCUT2D eigenvalue weighted by Crippen LogP contribution is -2.61. The lowest BCUT2D eigenvalue weighted by Gasteiger charge is -2.41. The molecule has 0 saturated carbocycles. The molecule has 9 nitrogen and oxygen atoms in total. The molecule has 1 fully saturated rings. The number of aliphatic hydroxyl groups excluding tert-OH is 2. The summed E-state index contributed by atoms with van der Waals surface area (Å²) >= 11 is 0. The maximum Gasteiger partial charge on any atom is 0.338 e. The largest absolute Gasteiger partial charge is 0.459 e. The summed E-state index contributed by atoms with van der Waals surface area (Å²) in [4.78, 5) is 38.2. The maximum atomic E-state index is 12.9. The molecule has 0 spiro atoms. The van der Waals surface area contributed by atoms with Gasteiger partial charge in [-0.2, -0.15) is 0 Å². The molecule has 0 bridgehead atoms.